The van der Waals surface area contributed by atoms with Gasteiger partial charge in [-0.25, -0.2) is 9.18 Å². The van der Waals surface area contributed by atoms with Crippen molar-refractivity contribution in [2.45, 2.75) is 13.5 Å². The van der Waals surface area contributed by atoms with Crippen LogP contribution in [0.3, 0.4) is 0 Å². The van der Waals surface area contributed by atoms with E-state index < -0.39 is 6.03 Å². The van der Waals surface area contributed by atoms with Crippen molar-refractivity contribution < 1.29 is 14.0 Å². The van der Waals surface area contributed by atoms with Gasteiger partial charge in [-0.1, -0.05) is 42.5 Å². The Morgan fingerprint density at radius 2 is 1.61 bits per heavy atom. The van der Waals surface area contributed by atoms with E-state index in [1.54, 1.807) is 48.5 Å². The first kappa shape index (κ1) is 19.1. The minimum absolute atomic E-state index is 0.0612. The maximum absolute atomic E-state index is 13.6. The number of aryl methyl sites for hydroxylation is 1. The van der Waals surface area contributed by atoms with E-state index in [9.17, 15) is 14.0 Å². The van der Waals surface area contributed by atoms with E-state index in [1.807, 2.05) is 25.1 Å². The normalized spacial score (nSPS) is 10.2. The molecule has 5 nitrogen and oxygen atoms in total. The van der Waals surface area contributed by atoms with E-state index in [0.717, 1.165) is 5.56 Å². The van der Waals surface area contributed by atoms with Crippen molar-refractivity contribution >= 4 is 23.3 Å². The highest BCUT2D eigenvalue weighted by Crippen LogP contribution is 2.18. The molecule has 28 heavy (non-hydrogen) atoms. The molecule has 0 radical (unpaired) electrons. The summed E-state index contributed by atoms with van der Waals surface area (Å²) in [6.45, 7) is 1.89. The van der Waals surface area contributed by atoms with Crippen molar-refractivity contribution in [1.82, 2.24) is 5.32 Å². The second-order valence-corrected chi connectivity index (χ2v) is 6.25. The number of amides is 3. The van der Waals surface area contributed by atoms with Crippen molar-refractivity contribution in [3.8, 4) is 0 Å². The molecule has 3 aromatic carbocycles. The summed E-state index contributed by atoms with van der Waals surface area (Å²) < 4.78 is 13.6. The second kappa shape index (κ2) is 8.81. The van der Waals surface area contributed by atoms with Crippen molar-refractivity contribution in [2.24, 2.45) is 0 Å². The number of hydrogen-bond acceptors (Lipinski definition) is 2. The lowest BCUT2D eigenvalue weighted by Crippen LogP contribution is -2.29. The van der Waals surface area contributed by atoms with Gasteiger partial charge in [-0.2, -0.15) is 0 Å². The summed E-state index contributed by atoms with van der Waals surface area (Å²) in [5, 5.41) is 8.12. The summed E-state index contributed by atoms with van der Waals surface area (Å²) in [6.07, 6.45) is 0. The monoisotopic (exact) mass is 377 g/mol. The minimum Gasteiger partial charge on any atom is -0.334 e. The lowest BCUT2D eigenvalue weighted by molar-refractivity contribution is 0.102. The summed E-state index contributed by atoms with van der Waals surface area (Å²) in [6, 6.07) is 19.9. The summed E-state index contributed by atoms with van der Waals surface area (Å²) in [5.41, 5.74) is 2.80. The van der Waals surface area contributed by atoms with Crippen LogP contribution >= 0.6 is 0 Å². The molecule has 3 N–H and O–H groups in total. The number of para-hydroxylation sites is 1. The van der Waals surface area contributed by atoms with Crippen LogP contribution in [-0.2, 0) is 6.54 Å². The molecule has 0 aromatic heterocycles. The number of rotatable bonds is 5. The zero-order valence-electron chi connectivity index (χ0n) is 15.3. The number of anilines is 2. The number of hydrogen-bond donors (Lipinski definition) is 3. The molecular weight excluding hydrogens is 357 g/mol. The van der Waals surface area contributed by atoms with Crippen molar-refractivity contribution in [2.75, 3.05) is 10.6 Å². The van der Waals surface area contributed by atoms with Gasteiger partial charge in [0.05, 0.1) is 0 Å². The summed E-state index contributed by atoms with van der Waals surface area (Å²) >= 11 is 0. The van der Waals surface area contributed by atoms with Gasteiger partial charge in [0.2, 0.25) is 0 Å². The van der Waals surface area contributed by atoms with Gasteiger partial charge in [0.1, 0.15) is 5.82 Å². The standard InChI is InChI=1S/C22H20FN3O2/c1-15-11-12-16(21(27)25-18-8-3-2-4-9-18)13-20(15)26-22(28)24-14-17-7-5-6-10-19(17)23/h2-13H,14H2,1H3,(H,25,27)(H2,24,26,28). The molecule has 3 amide bonds. The molecule has 3 rings (SSSR count). The van der Waals surface area contributed by atoms with Crippen LogP contribution in [0.15, 0.2) is 72.8 Å². The summed E-state index contributed by atoms with van der Waals surface area (Å²) in [7, 11) is 0. The Morgan fingerprint density at radius 1 is 0.893 bits per heavy atom. The molecule has 0 atom stereocenters. The first-order valence-corrected chi connectivity index (χ1v) is 8.78. The fraction of sp³-hybridized carbons (Fsp3) is 0.0909. The average Bonchev–Trinajstić information content (AvgIpc) is 2.70. The number of carbonyl (C=O) groups is 2. The van der Waals surface area contributed by atoms with E-state index in [1.165, 1.54) is 6.07 Å². The number of urea groups is 1. The topological polar surface area (TPSA) is 70.2 Å². The van der Waals surface area contributed by atoms with Crippen LogP contribution in [0.5, 0.6) is 0 Å². The molecule has 0 aliphatic carbocycles. The van der Waals surface area contributed by atoms with Crippen LogP contribution in [0.4, 0.5) is 20.6 Å². The minimum atomic E-state index is -0.480. The third-order valence-corrected chi connectivity index (χ3v) is 4.18. The smallest absolute Gasteiger partial charge is 0.319 e. The highest BCUT2D eigenvalue weighted by Gasteiger charge is 2.11. The molecule has 0 aliphatic heterocycles. The molecule has 3 aromatic rings. The van der Waals surface area contributed by atoms with Gasteiger partial charge in [-0.05, 0) is 42.8 Å². The van der Waals surface area contributed by atoms with E-state index in [4.69, 9.17) is 0 Å². The predicted octanol–water partition coefficient (Wildman–Crippen LogP) is 4.71. The van der Waals surface area contributed by atoms with E-state index >= 15 is 0 Å². The maximum Gasteiger partial charge on any atom is 0.319 e. The molecule has 0 saturated carbocycles. The van der Waals surface area contributed by atoms with Gasteiger partial charge in [0.15, 0.2) is 0 Å². The lowest BCUT2D eigenvalue weighted by Gasteiger charge is -2.12. The van der Waals surface area contributed by atoms with Crippen LogP contribution in [0.1, 0.15) is 21.5 Å². The van der Waals surface area contributed by atoms with E-state index in [0.29, 0.717) is 22.5 Å². The Hall–Kier alpha value is -3.67. The average molecular weight is 377 g/mol. The van der Waals surface area contributed by atoms with Crippen molar-refractivity contribution in [3.05, 3.63) is 95.3 Å². The van der Waals surface area contributed by atoms with Gasteiger partial charge < -0.3 is 16.0 Å². The second-order valence-electron chi connectivity index (χ2n) is 6.25. The summed E-state index contributed by atoms with van der Waals surface area (Å²) in [4.78, 5) is 24.6. The molecule has 0 bridgehead atoms. The van der Waals surface area contributed by atoms with Crippen molar-refractivity contribution in [3.63, 3.8) is 0 Å². The fourth-order valence-corrected chi connectivity index (χ4v) is 2.61. The van der Waals surface area contributed by atoms with E-state index in [-0.39, 0.29) is 18.3 Å². The molecule has 0 spiro atoms. The maximum atomic E-state index is 13.6. The number of halogens is 1. The summed E-state index contributed by atoms with van der Waals surface area (Å²) in [5.74, 6) is -0.653. The van der Waals surface area contributed by atoms with Crippen LogP contribution in [0.25, 0.3) is 0 Å². The van der Waals surface area contributed by atoms with E-state index in [2.05, 4.69) is 16.0 Å². The van der Waals surface area contributed by atoms with Crippen molar-refractivity contribution in [1.29, 1.82) is 0 Å². The number of nitrogens with one attached hydrogen (secondary N) is 3. The Morgan fingerprint density at radius 3 is 2.36 bits per heavy atom. The molecule has 0 unspecified atom stereocenters. The molecule has 0 saturated heterocycles. The van der Waals surface area contributed by atoms with Crippen LogP contribution in [0.2, 0.25) is 0 Å². The molecule has 142 valence electrons. The first-order chi connectivity index (χ1) is 13.5. The van der Waals surface area contributed by atoms with Gasteiger partial charge in [0, 0.05) is 29.0 Å². The Balaban J connectivity index is 1.65. The highest BCUT2D eigenvalue weighted by molar-refractivity contribution is 6.05. The lowest BCUT2D eigenvalue weighted by atomic mass is 10.1. The third-order valence-electron chi connectivity index (χ3n) is 4.18. The van der Waals surface area contributed by atoms with Gasteiger partial charge in [-0.15, -0.1) is 0 Å². The zero-order chi connectivity index (χ0) is 19.9. The molecule has 0 heterocycles. The fourth-order valence-electron chi connectivity index (χ4n) is 2.61. The largest absolute Gasteiger partial charge is 0.334 e. The highest BCUT2D eigenvalue weighted by atomic mass is 19.1. The van der Waals surface area contributed by atoms with Crippen LogP contribution in [-0.4, -0.2) is 11.9 Å². The number of carbonyl (C=O) groups excluding carboxylic acids is 2. The first-order valence-electron chi connectivity index (χ1n) is 8.78. The predicted molar refractivity (Wildman–Crippen MR) is 108 cm³/mol. The molecule has 0 aliphatic rings. The Bertz CT molecular complexity index is 990. The molecular formula is C22H20FN3O2. The molecule has 0 fully saturated rings. The molecule has 6 heteroatoms. The van der Waals surface area contributed by atoms with Gasteiger partial charge in [-0.3, -0.25) is 4.79 Å². The number of benzene rings is 3. The zero-order valence-corrected chi connectivity index (χ0v) is 15.3. The van der Waals surface area contributed by atoms with Crippen LogP contribution < -0.4 is 16.0 Å². The van der Waals surface area contributed by atoms with Crippen LogP contribution in [0, 0.1) is 12.7 Å². The Labute approximate surface area is 162 Å². The quantitative estimate of drug-likeness (QED) is 0.603. The SMILES string of the molecule is Cc1ccc(C(=O)Nc2ccccc2)cc1NC(=O)NCc1ccccc1F. The van der Waals surface area contributed by atoms with Gasteiger partial charge >= 0.3 is 6.03 Å². The Kier molecular flexibility index (Phi) is 6.01. The van der Waals surface area contributed by atoms with Gasteiger partial charge in [0.25, 0.3) is 5.91 Å². The third kappa shape index (κ3) is 4.94.